The van der Waals surface area contributed by atoms with Crippen molar-refractivity contribution in [1.82, 2.24) is 5.32 Å². The van der Waals surface area contributed by atoms with Crippen molar-refractivity contribution in [2.45, 2.75) is 19.8 Å². The standard InChI is InChI=1S/C17H22N2O8/c1-3-27-14-8-11(12(19(23)24)9-13(14)25-2)15(20)18-10-17(16(21)22)4-6-26-7-5-17/h8-9H,3-7,10H2,1-2H3,(H,18,20)(H,21,22). The molecule has 1 aromatic carbocycles. The summed E-state index contributed by atoms with van der Waals surface area (Å²) in [6.45, 7) is 2.40. The first kappa shape index (κ1) is 20.4. The summed E-state index contributed by atoms with van der Waals surface area (Å²) in [7, 11) is 1.34. The zero-order valence-corrected chi connectivity index (χ0v) is 15.1. The monoisotopic (exact) mass is 382 g/mol. The molecule has 1 fully saturated rings. The molecule has 1 saturated heterocycles. The number of hydrogen-bond donors (Lipinski definition) is 2. The number of nitrogens with zero attached hydrogens (tertiary/aromatic N) is 1. The Morgan fingerprint density at radius 1 is 1.33 bits per heavy atom. The maximum absolute atomic E-state index is 12.6. The van der Waals surface area contributed by atoms with Crippen LogP contribution in [0.4, 0.5) is 5.69 Å². The zero-order chi connectivity index (χ0) is 20.0. The van der Waals surface area contributed by atoms with Crippen LogP contribution in [0.25, 0.3) is 0 Å². The molecule has 1 amide bonds. The van der Waals surface area contributed by atoms with E-state index in [4.69, 9.17) is 14.2 Å². The Kier molecular flexibility index (Phi) is 6.56. The van der Waals surface area contributed by atoms with Gasteiger partial charge in [0.15, 0.2) is 11.5 Å². The number of nitrogens with one attached hydrogen (secondary N) is 1. The summed E-state index contributed by atoms with van der Waals surface area (Å²) in [5, 5.41) is 23.4. The van der Waals surface area contributed by atoms with Gasteiger partial charge in [0.05, 0.1) is 30.1 Å². The van der Waals surface area contributed by atoms with E-state index < -0.39 is 27.9 Å². The Morgan fingerprint density at radius 3 is 2.52 bits per heavy atom. The van der Waals surface area contributed by atoms with Crippen LogP contribution < -0.4 is 14.8 Å². The van der Waals surface area contributed by atoms with Crippen LogP contribution in [-0.4, -0.2) is 55.4 Å². The van der Waals surface area contributed by atoms with E-state index in [2.05, 4.69) is 5.32 Å². The smallest absolute Gasteiger partial charge is 0.311 e. The number of nitro groups is 1. The quantitative estimate of drug-likeness (QED) is 0.511. The lowest BCUT2D eigenvalue weighted by molar-refractivity contribution is -0.385. The molecule has 0 spiro atoms. The number of carboxylic acid groups (broad SMARTS) is 1. The van der Waals surface area contributed by atoms with Gasteiger partial charge in [-0.15, -0.1) is 0 Å². The van der Waals surface area contributed by atoms with Crippen molar-refractivity contribution < 1.29 is 33.8 Å². The van der Waals surface area contributed by atoms with Gasteiger partial charge in [-0.05, 0) is 19.8 Å². The van der Waals surface area contributed by atoms with Crippen LogP contribution in [0.15, 0.2) is 12.1 Å². The second-order valence-corrected chi connectivity index (χ2v) is 6.09. The molecule has 0 radical (unpaired) electrons. The lowest BCUT2D eigenvalue weighted by Crippen LogP contribution is -2.46. The van der Waals surface area contributed by atoms with Gasteiger partial charge in [-0.1, -0.05) is 0 Å². The van der Waals surface area contributed by atoms with Crippen LogP contribution in [0.2, 0.25) is 0 Å². The van der Waals surface area contributed by atoms with Crippen molar-refractivity contribution in [2.24, 2.45) is 5.41 Å². The first-order valence-electron chi connectivity index (χ1n) is 8.43. The van der Waals surface area contributed by atoms with Crippen LogP contribution in [0, 0.1) is 15.5 Å². The average molecular weight is 382 g/mol. The van der Waals surface area contributed by atoms with Gasteiger partial charge in [0.1, 0.15) is 5.56 Å². The van der Waals surface area contributed by atoms with Gasteiger partial charge in [-0.2, -0.15) is 0 Å². The van der Waals surface area contributed by atoms with Crippen LogP contribution in [0.3, 0.4) is 0 Å². The van der Waals surface area contributed by atoms with Gasteiger partial charge in [0.2, 0.25) is 0 Å². The summed E-state index contributed by atoms with van der Waals surface area (Å²) >= 11 is 0. The number of amides is 1. The van der Waals surface area contributed by atoms with Gasteiger partial charge in [-0.25, -0.2) is 0 Å². The summed E-state index contributed by atoms with van der Waals surface area (Å²) in [5.41, 5.74) is -1.83. The molecule has 27 heavy (non-hydrogen) atoms. The molecule has 0 aromatic heterocycles. The highest BCUT2D eigenvalue weighted by Crippen LogP contribution is 2.35. The first-order valence-corrected chi connectivity index (χ1v) is 8.43. The molecular formula is C17H22N2O8. The minimum Gasteiger partial charge on any atom is -0.493 e. The van der Waals surface area contributed by atoms with Crippen molar-refractivity contribution in [1.29, 1.82) is 0 Å². The molecule has 0 saturated carbocycles. The predicted octanol–water partition coefficient (Wildman–Crippen LogP) is 1.61. The van der Waals surface area contributed by atoms with Crippen LogP contribution in [0.5, 0.6) is 11.5 Å². The highest BCUT2D eigenvalue weighted by molar-refractivity contribution is 5.99. The van der Waals surface area contributed by atoms with Gasteiger partial charge in [0, 0.05) is 25.8 Å². The van der Waals surface area contributed by atoms with E-state index in [1.807, 2.05) is 0 Å². The Labute approximate surface area is 155 Å². The molecule has 1 aliphatic rings. The summed E-state index contributed by atoms with van der Waals surface area (Å²) < 4.78 is 15.6. The Morgan fingerprint density at radius 2 is 2.00 bits per heavy atom. The molecule has 148 valence electrons. The fourth-order valence-electron chi connectivity index (χ4n) is 2.88. The Hall–Kier alpha value is -2.88. The highest BCUT2D eigenvalue weighted by Gasteiger charge is 2.41. The number of carbonyl (C=O) groups is 2. The third-order valence-electron chi connectivity index (χ3n) is 4.51. The van der Waals surface area contributed by atoms with Crippen LogP contribution in [0.1, 0.15) is 30.1 Å². The normalized spacial score (nSPS) is 15.6. The summed E-state index contributed by atoms with van der Waals surface area (Å²) in [5.74, 6) is -1.47. The van der Waals surface area contributed by atoms with E-state index in [0.717, 1.165) is 6.07 Å². The number of rotatable bonds is 8. The van der Waals surface area contributed by atoms with Crippen LogP contribution >= 0.6 is 0 Å². The number of nitro benzene ring substituents is 1. The lowest BCUT2D eigenvalue weighted by Gasteiger charge is -2.33. The maximum Gasteiger partial charge on any atom is 0.311 e. The van der Waals surface area contributed by atoms with E-state index in [0.29, 0.717) is 0 Å². The minimum atomic E-state index is -1.15. The van der Waals surface area contributed by atoms with Crippen molar-refractivity contribution in [3.8, 4) is 11.5 Å². The fourth-order valence-corrected chi connectivity index (χ4v) is 2.88. The molecule has 10 heteroatoms. The third kappa shape index (κ3) is 4.45. The molecular weight excluding hydrogens is 360 g/mol. The Balaban J connectivity index is 2.29. The number of benzene rings is 1. The molecule has 0 aliphatic carbocycles. The van der Waals surface area contributed by atoms with Gasteiger partial charge in [-0.3, -0.25) is 19.7 Å². The maximum atomic E-state index is 12.6. The largest absolute Gasteiger partial charge is 0.493 e. The summed E-state index contributed by atoms with van der Waals surface area (Å²) in [6.07, 6.45) is 0.495. The fraction of sp³-hybridized carbons (Fsp3) is 0.529. The van der Waals surface area contributed by atoms with E-state index in [1.165, 1.54) is 13.2 Å². The molecule has 0 unspecified atom stereocenters. The topological polar surface area (TPSA) is 137 Å². The van der Waals surface area contributed by atoms with E-state index in [9.17, 15) is 24.8 Å². The lowest BCUT2D eigenvalue weighted by atomic mass is 9.80. The highest BCUT2D eigenvalue weighted by atomic mass is 16.6. The number of carbonyl (C=O) groups excluding carboxylic acids is 1. The minimum absolute atomic E-state index is 0.131. The van der Waals surface area contributed by atoms with Gasteiger partial charge < -0.3 is 24.6 Å². The molecule has 1 heterocycles. The number of methoxy groups -OCH3 is 1. The van der Waals surface area contributed by atoms with Crippen molar-refractivity contribution in [3.63, 3.8) is 0 Å². The third-order valence-corrected chi connectivity index (χ3v) is 4.51. The van der Waals surface area contributed by atoms with Crippen LogP contribution in [-0.2, 0) is 9.53 Å². The van der Waals surface area contributed by atoms with Gasteiger partial charge >= 0.3 is 5.97 Å². The molecule has 1 aliphatic heterocycles. The zero-order valence-electron chi connectivity index (χ0n) is 15.1. The van der Waals surface area contributed by atoms with Crippen molar-refractivity contribution in [2.75, 3.05) is 33.5 Å². The summed E-state index contributed by atoms with van der Waals surface area (Å²) in [6, 6.07) is 2.34. The molecule has 10 nitrogen and oxygen atoms in total. The second-order valence-electron chi connectivity index (χ2n) is 6.09. The average Bonchev–Trinajstić information content (AvgIpc) is 2.66. The van der Waals surface area contributed by atoms with Crippen molar-refractivity contribution in [3.05, 3.63) is 27.8 Å². The first-order chi connectivity index (χ1) is 12.8. The molecule has 0 atom stereocenters. The number of carboxylic acids is 1. The van der Waals surface area contributed by atoms with Crippen molar-refractivity contribution >= 4 is 17.6 Å². The van der Waals surface area contributed by atoms with E-state index in [1.54, 1.807) is 6.92 Å². The molecule has 0 bridgehead atoms. The number of ether oxygens (including phenoxy) is 3. The number of aliphatic carboxylic acids is 1. The second kappa shape index (κ2) is 8.67. The molecule has 2 N–H and O–H groups in total. The number of hydrogen-bond acceptors (Lipinski definition) is 7. The van der Waals surface area contributed by atoms with E-state index in [-0.39, 0.29) is 56.3 Å². The van der Waals surface area contributed by atoms with E-state index >= 15 is 0 Å². The van der Waals surface area contributed by atoms with Gasteiger partial charge in [0.25, 0.3) is 11.6 Å². The Bertz CT molecular complexity index is 728. The molecule has 2 rings (SSSR count). The predicted molar refractivity (Wildman–Crippen MR) is 93.3 cm³/mol. The molecule has 1 aromatic rings. The SMILES string of the molecule is CCOc1cc(C(=O)NCC2(C(=O)O)CCOCC2)c([N+](=O)[O-])cc1OC. The summed E-state index contributed by atoms with van der Waals surface area (Å²) in [4.78, 5) is 34.9.